The monoisotopic (exact) mass is 275 g/mol. The first-order valence-electron chi connectivity index (χ1n) is 4.87. The van der Waals surface area contributed by atoms with E-state index in [1.165, 1.54) is 17.1 Å². The number of nitrogens with one attached hydrogen (secondary N) is 1. The molecule has 1 amide bonds. The normalized spacial score (nSPS) is 13.0. The van der Waals surface area contributed by atoms with Gasteiger partial charge in [0.25, 0.3) is 0 Å². The van der Waals surface area contributed by atoms with E-state index in [2.05, 4.69) is 10.4 Å². The second-order valence-electron chi connectivity index (χ2n) is 3.86. The van der Waals surface area contributed by atoms with Crippen molar-refractivity contribution in [3.05, 3.63) is 18.0 Å². The molecule has 1 rings (SSSR count). The zero-order valence-electron chi connectivity index (χ0n) is 9.82. The van der Waals surface area contributed by atoms with Crippen LogP contribution in [-0.2, 0) is 26.5 Å². The van der Waals surface area contributed by atoms with E-state index in [-0.39, 0.29) is 5.56 Å². The Morgan fingerprint density at radius 1 is 1.56 bits per heavy atom. The van der Waals surface area contributed by atoms with Crippen LogP contribution >= 0.6 is 0 Å². The summed E-state index contributed by atoms with van der Waals surface area (Å²) in [5, 5.41) is 14.9. The van der Waals surface area contributed by atoms with Crippen LogP contribution in [0.3, 0.4) is 0 Å². The van der Waals surface area contributed by atoms with E-state index in [1.807, 2.05) is 0 Å². The van der Waals surface area contributed by atoms with Gasteiger partial charge in [0.05, 0.1) is 6.20 Å². The molecule has 0 aromatic carbocycles. The molecule has 18 heavy (non-hydrogen) atoms. The van der Waals surface area contributed by atoms with E-state index < -0.39 is 33.5 Å². The van der Waals surface area contributed by atoms with Gasteiger partial charge in [-0.15, -0.1) is 0 Å². The highest BCUT2D eigenvalue weighted by Crippen LogP contribution is 2.11. The van der Waals surface area contributed by atoms with Gasteiger partial charge in [0.1, 0.15) is 5.75 Å². The third kappa shape index (κ3) is 4.17. The summed E-state index contributed by atoms with van der Waals surface area (Å²) in [6.07, 6.45) is 3.62. The Morgan fingerprint density at radius 2 is 2.17 bits per heavy atom. The van der Waals surface area contributed by atoms with Crippen LogP contribution < -0.4 is 5.32 Å². The summed E-state index contributed by atoms with van der Waals surface area (Å²) in [5.74, 6) is -2.91. The van der Waals surface area contributed by atoms with Crippen LogP contribution in [0.15, 0.2) is 12.4 Å². The van der Waals surface area contributed by atoms with Gasteiger partial charge >= 0.3 is 5.97 Å². The van der Waals surface area contributed by atoms with E-state index in [0.29, 0.717) is 0 Å². The van der Waals surface area contributed by atoms with Gasteiger partial charge < -0.3 is 10.4 Å². The van der Waals surface area contributed by atoms with Crippen LogP contribution in [0.5, 0.6) is 0 Å². The van der Waals surface area contributed by atoms with Crippen LogP contribution in [0.1, 0.15) is 11.6 Å². The van der Waals surface area contributed by atoms with Crippen molar-refractivity contribution in [3.63, 3.8) is 0 Å². The van der Waals surface area contributed by atoms with Gasteiger partial charge in [-0.3, -0.25) is 9.48 Å². The second-order valence-corrected chi connectivity index (χ2v) is 6.00. The van der Waals surface area contributed by atoms with Crippen molar-refractivity contribution in [1.29, 1.82) is 0 Å². The number of sulfone groups is 1. The molecule has 1 aromatic rings. The summed E-state index contributed by atoms with van der Waals surface area (Å²) < 4.78 is 23.2. The number of carboxylic acids is 1. The number of aryl methyl sites for hydroxylation is 1. The number of hydrogen-bond donors (Lipinski definition) is 2. The van der Waals surface area contributed by atoms with E-state index in [9.17, 15) is 18.0 Å². The van der Waals surface area contributed by atoms with Crippen LogP contribution in [-0.4, -0.2) is 47.2 Å². The van der Waals surface area contributed by atoms with Crippen LogP contribution in [0.4, 0.5) is 0 Å². The summed E-state index contributed by atoms with van der Waals surface area (Å²) in [5.41, 5.74) is 0.270. The molecule has 1 aromatic heterocycles. The number of aromatic nitrogens is 2. The van der Waals surface area contributed by atoms with E-state index >= 15 is 0 Å². The average molecular weight is 275 g/mol. The van der Waals surface area contributed by atoms with Crippen molar-refractivity contribution < 1.29 is 23.1 Å². The Hall–Kier alpha value is -1.90. The van der Waals surface area contributed by atoms with Crippen molar-refractivity contribution in [2.45, 2.75) is 6.04 Å². The molecule has 0 saturated heterocycles. The first kappa shape index (κ1) is 14.2. The topological polar surface area (TPSA) is 118 Å². The number of aliphatic carboxylic acids is 1. The molecule has 0 radical (unpaired) electrons. The lowest BCUT2D eigenvalue weighted by molar-refractivity contribution is -0.141. The van der Waals surface area contributed by atoms with Crippen LogP contribution in [0.25, 0.3) is 0 Å². The van der Waals surface area contributed by atoms with Crippen molar-refractivity contribution in [3.8, 4) is 0 Å². The van der Waals surface area contributed by atoms with E-state index in [1.54, 1.807) is 7.05 Å². The Balaban J connectivity index is 2.83. The number of nitrogens with zero attached hydrogens (tertiary/aromatic N) is 2. The molecule has 0 saturated carbocycles. The summed E-state index contributed by atoms with van der Waals surface area (Å²) in [6, 6.07) is -1.31. The number of carbonyl (C=O) groups excluding carboxylic acids is 1. The predicted molar refractivity (Wildman–Crippen MR) is 61.4 cm³/mol. The van der Waals surface area contributed by atoms with Crippen LogP contribution in [0, 0.1) is 0 Å². The third-order valence-electron chi connectivity index (χ3n) is 2.00. The summed E-state index contributed by atoms with van der Waals surface area (Å²) >= 11 is 0. The fourth-order valence-corrected chi connectivity index (χ4v) is 1.88. The first-order valence-corrected chi connectivity index (χ1v) is 6.93. The van der Waals surface area contributed by atoms with Crippen molar-refractivity contribution in [1.82, 2.24) is 15.1 Å². The zero-order valence-corrected chi connectivity index (χ0v) is 10.6. The minimum absolute atomic E-state index is 0.270. The maximum Gasteiger partial charge on any atom is 0.331 e. The number of carboxylic acid groups (broad SMARTS) is 1. The lowest BCUT2D eigenvalue weighted by Crippen LogP contribution is -2.37. The highest BCUT2D eigenvalue weighted by Gasteiger charge is 2.24. The largest absolute Gasteiger partial charge is 0.479 e. The number of amides is 1. The maximum absolute atomic E-state index is 11.4. The quantitative estimate of drug-likeness (QED) is 0.690. The van der Waals surface area contributed by atoms with Gasteiger partial charge in [-0.05, 0) is 0 Å². The molecule has 0 aliphatic rings. The van der Waals surface area contributed by atoms with Gasteiger partial charge in [-0.1, -0.05) is 0 Å². The highest BCUT2D eigenvalue weighted by molar-refractivity contribution is 7.91. The molecular weight excluding hydrogens is 262 g/mol. The second kappa shape index (κ2) is 5.17. The molecule has 1 unspecified atom stereocenters. The first-order chi connectivity index (χ1) is 8.19. The van der Waals surface area contributed by atoms with Gasteiger partial charge in [0.15, 0.2) is 15.9 Å². The van der Waals surface area contributed by atoms with Gasteiger partial charge in [-0.2, -0.15) is 5.10 Å². The molecule has 0 aliphatic heterocycles. The predicted octanol–water partition coefficient (Wildman–Crippen LogP) is -1.29. The Kier molecular flexibility index (Phi) is 4.07. The third-order valence-corrected chi connectivity index (χ3v) is 2.79. The smallest absolute Gasteiger partial charge is 0.331 e. The SMILES string of the molecule is Cn1cc(C(NC(=O)CS(C)(=O)=O)C(=O)O)cn1. The molecule has 0 fully saturated rings. The van der Waals surface area contributed by atoms with Crippen molar-refractivity contribution in [2.75, 3.05) is 12.0 Å². The molecule has 9 heteroatoms. The zero-order chi connectivity index (χ0) is 13.9. The summed E-state index contributed by atoms with van der Waals surface area (Å²) in [4.78, 5) is 22.4. The van der Waals surface area contributed by atoms with Gasteiger partial charge in [-0.25, -0.2) is 13.2 Å². The Bertz CT molecular complexity index is 563. The summed E-state index contributed by atoms with van der Waals surface area (Å²) in [7, 11) is -1.90. The minimum Gasteiger partial charge on any atom is -0.479 e. The average Bonchev–Trinajstić information content (AvgIpc) is 2.57. The lowest BCUT2D eigenvalue weighted by Gasteiger charge is -2.12. The molecule has 0 spiro atoms. The summed E-state index contributed by atoms with van der Waals surface area (Å²) in [6.45, 7) is 0. The van der Waals surface area contributed by atoms with Crippen molar-refractivity contribution in [2.24, 2.45) is 7.05 Å². The molecule has 0 bridgehead atoms. The fraction of sp³-hybridized carbons (Fsp3) is 0.444. The molecule has 0 aliphatic carbocycles. The fourth-order valence-electron chi connectivity index (χ4n) is 1.32. The number of rotatable bonds is 5. The Morgan fingerprint density at radius 3 is 2.56 bits per heavy atom. The molecule has 2 N–H and O–H groups in total. The molecule has 1 atom stereocenters. The lowest BCUT2D eigenvalue weighted by atomic mass is 10.1. The molecule has 100 valence electrons. The number of hydrogen-bond acceptors (Lipinski definition) is 5. The standard InChI is InChI=1S/C9H13N3O5S/c1-12-4-6(3-10-12)8(9(14)15)11-7(13)5-18(2,16)17/h3-4,8H,5H2,1-2H3,(H,11,13)(H,14,15). The molecular formula is C9H13N3O5S. The van der Waals surface area contributed by atoms with Crippen LogP contribution in [0.2, 0.25) is 0 Å². The highest BCUT2D eigenvalue weighted by atomic mass is 32.2. The maximum atomic E-state index is 11.4. The van der Waals surface area contributed by atoms with Crippen molar-refractivity contribution >= 4 is 21.7 Å². The van der Waals surface area contributed by atoms with Gasteiger partial charge in [0.2, 0.25) is 5.91 Å². The minimum atomic E-state index is -3.50. The Labute approximate surface area is 104 Å². The van der Waals surface area contributed by atoms with Gasteiger partial charge in [0, 0.05) is 25.1 Å². The van der Waals surface area contributed by atoms with E-state index in [0.717, 1.165) is 6.26 Å². The molecule has 8 nitrogen and oxygen atoms in total. The molecule has 1 heterocycles. The van der Waals surface area contributed by atoms with E-state index in [4.69, 9.17) is 5.11 Å². The number of carbonyl (C=O) groups is 2.